The molecular weight excluding hydrogens is 358 g/mol. The molecule has 2 aromatic carbocycles. The molecule has 7 heteroatoms. The third kappa shape index (κ3) is 3.80. The van der Waals surface area contributed by atoms with Gasteiger partial charge in [0.05, 0.1) is 12.3 Å². The quantitative estimate of drug-likeness (QED) is 0.403. The molecule has 140 valence electrons. The second kappa shape index (κ2) is 7.64. The van der Waals surface area contributed by atoms with Gasteiger partial charge in [0.2, 0.25) is 0 Å². The number of aromatic nitrogens is 1. The highest BCUT2D eigenvalue weighted by Crippen LogP contribution is 2.28. The van der Waals surface area contributed by atoms with Gasteiger partial charge in [-0.3, -0.25) is 0 Å². The molecule has 0 amide bonds. The molecule has 1 saturated heterocycles. The van der Waals surface area contributed by atoms with Gasteiger partial charge in [-0.25, -0.2) is 15.9 Å². The van der Waals surface area contributed by atoms with Crippen LogP contribution in [-0.4, -0.2) is 27.8 Å². The number of hydrogen-bond donors (Lipinski definition) is 4. The number of thiol groups is 1. The molecule has 0 saturated carbocycles. The summed E-state index contributed by atoms with van der Waals surface area (Å²) >= 11 is 4.58. The van der Waals surface area contributed by atoms with Crippen molar-refractivity contribution in [1.29, 1.82) is 0 Å². The zero-order chi connectivity index (χ0) is 18.8. The number of fused-ring (bicyclic) bond motifs is 1. The molecule has 27 heavy (non-hydrogen) atoms. The molecule has 0 bridgehead atoms. The van der Waals surface area contributed by atoms with Crippen LogP contribution in [-0.2, 0) is 0 Å². The maximum atomic E-state index is 5.82. The predicted octanol–water partition coefficient (Wildman–Crippen LogP) is 3.61. The van der Waals surface area contributed by atoms with Crippen molar-refractivity contribution in [3.63, 3.8) is 0 Å². The minimum atomic E-state index is -0.244. The van der Waals surface area contributed by atoms with Crippen LogP contribution in [0.15, 0.2) is 59.8 Å². The van der Waals surface area contributed by atoms with E-state index in [1.807, 2.05) is 67.7 Å². The third-order valence-electron chi connectivity index (χ3n) is 4.36. The van der Waals surface area contributed by atoms with E-state index < -0.39 is 0 Å². The number of ether oxygens (including phenoxy) is 1. The summed E-state index contributed by atoms with van der Waals surface area (Å²) in [5.41, 5.74) is 9.30. The van der Waals surface area contributed by atoms with Gasteiger partial charge in [-0.2, -0.15) is 5.10 Å². The molecule has 0 radical (unpaired) electrons. The number of H-pyrrole nitrogens is 1. The molecule has 2 atom stereocenters. The Morgan fingerprint density at radius 2 is 2.00 bits per heavy atom. The molecule has 3 aromatic rings. The summed E-state index contributed by atoms with van der Waals surface area (Å²) < 4.78 is 5.82. The Balaban J connectivity index is 1.59. The van der Waals surface area contributed by atoms with E-state index in [1.165, 1.54) is 0 Å². The van der Waals surface area contributed by atoms with E-state index in [1.54, 1.807) is 0 Å². The molecule has 1 aliphatic rings. The topological polar surface area (TPSA) is 64.7 Å². The fourth-order valence-electron chi connectivity index (χ4n) is 3.15. The van der Waals surface area contributed by atoms with Crippen molar-refractivity contribution in [3.8, 4) is 5.75 Å². The Morgan fingerprint density at radius 3 is 2.85 bits per heavy atom. The first kappa shape index (κ1) is 17.9. The van der Waals surface area contributed by atoms with E-state index in [0.717, 1.165) is 27.8 Å². The summed E-state index contributed by atoms with van der Waals surface area (Å²) in [5, 5.41) is 7.72. The Hall–Kier alpha value is -2.48. The summed E-state index contributed by atoms with van der Waals surface area (Å²) in [6, 6.07) is 16.2. The largest absolute Gasteiger partial charge is 0.491 e. The number of hydrogen-bond acceptors (Lipinski definition) is 6. The average molecular weight is 382 g/mol. The fraction of sp³-hybridized carbons (Fsp3) is 0.250. The van der Waals surface area contributed by atoms with E-state index >= 15 is 0 Å². The van der Waals surface area contributed by atoms with E-state index in [9.17, 15) is 0 Å². The van der Waals surface area contributed by atoms with Crippen molar-refractivity contribution in [1.82, 2.24) is 20.8 Å². The Kier molecular flexibility index (Phi) is 5.07. The number of nitrogens with zero attached hydrogens (tertiary/aromatic N) is 2. The standard InChI is InChI=1S/C20H23N5OS/c1-13(2)26-16-7-5-6-14(10-16)19-23-24-20(27)25(19)22-12-15-11-21-18-9-4-3-8-17(15)18/h3-13,19-21,23-24,27H,1-2H3/b22-12-/t19-,20-/m1/s1. The molecule has 4 rings (SSSR count). The Labute approximate surface area is 164 Å². The van der Waals surface area contributed by atoms with E-state index in [-0.39, 0.29) is 17.8 Å². The fourth-order valence-corrected chi connectivity index (χ4v) is 3.42. The van der Waals surface area contributed by atoms with Crippen molar-refractivity contribution < 1.29 is 4.74 Å². The smallest absolute Gasteiger partial charge is 0.156 e. The molecule has 0 aliphatic carbocycles. The molecule has 1 fully saturated rings. The van der Waals surface area contributed by atoms with Crippen LogP contribution in [0.25, 0.3) is 10.9 Å². The maximum Gasteiger partial charge on any atom is 0.156 e. The van der Waals surface area contributed by atoms with E-state index in [2.05, 4.69) is 40.6 Å². The van der Waals surface area contributed by atoms with Crippen molar-refractivity contribution in [2.45, 2.75) is 31.6 Å². The van der Waals surface area contributed by atoms with E-state index in [0.29, 0.717) is 0 Å². The number of hydrazone groups is 1. The number of nitrogens with one attached hydrogen (secondary N) is 3. The van der Waals surface area contributed by atoms with Crippen molar-refractivity contribution in [3.05, 3.63) is 65.9 Å². The van der Waals surface area contributed by atoms with Gasteiger partial charge in [-0.1, -0.05) is 30.3 Å². The van der Waals surface area contributed by atoms with Gasteiger partial charge in [0.1, 0.15) is 11.9 Å². The van der Waals surface area contributed by atoms with Crippen LogP contribution in [0.2, 0.25) is 0 Å². The van der Waals surface area contributed by atoms with Gasteiger partial charge in [-0.05, 0) is 37.6 Å². The van der Waals surface area contributed by atoms with Gasteiger partial charge in [-0.15, -0.1) is 12.6 Å². The average Bonchev–Trinajstić information content (AvgIpc) is 3.23. The number of aromatic amines is 1. The number of benzene rings is 2. The summed E-state index contributed by atoms with van der Waals surface area (Å²) in [5.74, 6) is 0.840. The van der Waals surface area contributed by atoms with E-state index in [4.69, 9.17) is 9.84 Å². The summed E-state index contributed by atoms with van der Waals surface area (Å²) in [4.78, 5) is 3.27. The van der Waals surface area contributed by atoms with Gasteiger partial charge in [0, 0.05) is 22.7 Å². The van der Waals surface area contributed by atoms with Crippen LogP contribution in [0.5, 0.6) is 5.75 Å². The predicted molar refractivity (Wildman–Crippen MR) is 112 cm³/mol. The molecule has 3 N–H and O–H groups in total. The normalized spacial score (nSPS) is 20.2. The van der Waals surface area contributed by atoms with Gasteiger partial charge in [0.15, 0.2) is 5.50 Å². The summed E-state index contributed by atoms with van der Waals surface area (Å²) in [6.07, 6.45) is 3.80. The minimum absolute atomic E-state index is 0.128. The monoisotopic (exact) mass is 381 g/mol. The molecular formula is C20H23N5OS. The number of para-hydroxylation sites is 1. The lowest BCUT2D eigenvalue weighted by atomic mass is 10.1. The maximum absolute atomic E-state index is 5.82. The van der Waals surface area contributed by atoms with Gasteiger partial charge >= 0.3 is 0 Å². The lowest BCUT2D eigenvalue weighted by molar-refractivity contribution is 0.234. The minimum Gasteiger partial charge on any atom is -0.491 e. The third-order valence-corrected chi connectivity index (χ3v) is 4.73. The van der Waals surface area contributed by atoms with Crippen LogP contribution in [0, 0.1) is 0 Å². The highest BCUT2D eigenvalue weighted by molar-refractivity contribution is 7.80. The van der Waals surface area contributed by atoms with Crippen LogP contribution in [0.3, 0.4) is 0 Å². The van der Waals surface area contributed by atoms with Crippen LogP contribution < -0.4 is 15.6 Å². The first-order chi connectivity index (χ1) is 13.1. The first-order valence-corrected chi connectivity index (χ1v) is 9.47. The molecule has 6 nitrogen and oxygen atoms in total. The molecule has 2 heterocycles. The summed E-state index contributed by atoms with van der Waals surface area (Å²) in [7, 11) is 0. The van der Waals surface area contributed by atoms with Gasteiger partial charge < -0.3 is 9.72 Å². The Morgan fingerprint density at radius 1 is 1.15 bits per heavy atom. The lowest BCUT2D eigenvalue weighted by Gasteiger charge is -2.23. The Bertz CT molecular complexity index is 954. The number of rotatable bonds is 5. The molecule has 1 aliphatic heterocycles. The van der Waals surface area contributed by atoms with Crippen molar-refractivity contribution in [2.24, 2.45) is 5.10 Å². The van der Waals surface area contributed by atoms with Crippen LogP contribution in [0.4, 0.5) is 0 Å². The summed E-state index contributed by atoms with van der Waals surface area (Å²) in [6.45, 7) is 4.03. The second-order valence-electron chi connectivity index (χ2n) is 6.72. The SMILES string of the molecule is CC(C)Oc1cccc([C@@H]2NN[C@@H](S)N2/N=C\c2c[nH]c3ccccc23)c1. The molecule has 0 unspecified atom stereocenters. The highest BCUT2D eigenvalue weighted by atomic mass is 32.1. The number of hydrazine groups is 1. The highest BCUT2D eigenvalue weighted by Gasteiger charge is 2.31. The molecule has 0 spiro atoms. The first-order valence-electron chi connectivity index (χ1n) is 8.96. The zero-order valence-corrected chi connectivity index (χ0v) is 16.1. The zero-order valence-electron chi connectivity index (χ0n) is 15.3. The second-order valence-corrected chi connectivity index (χ2v) is 7.21. The van der Waals surface area contributed by atoms with Crippen molar-refractivity contribution in [2.75, 3.05) is 0 Å². The van der Waals surface area contributed by atoms with Crippen LogP contribution in [0.1, 0.15) is 31.1 Å². The molecule has 1 aromatic heterocycles. The lowest BCUT2D eigenvalue weighted by Crippen LogP contribution is -2.28. The van der Waals surface area contributed by atoms with Crippen LogP contribution >= 0.6 is 12.6 Å². The van der Waals surface area contributed by atoms with Crippen molar-refractivity contribution >= 4 is 29.7 Å². The van der Waals surface area contributed by atoms with Gasteiger partial charge in [0.25, 0.3) is 0 Å².